The monoisotopic (exact) mass is 264 g/mol. The Morgan fingerprint density at radius 2 is 1.74 bits per heavy atom. The van der Waals surface area contributed by atoms with E-state index in [1.807, 2.05) is 26.0 Å². The van der Waals surface area contributed by atoms with Gasteiger partial charge >= 0.3 is 0 Å². The normalized spacial score (nSPS) is 9.84. The zero-order chi connectivity index (χ0) is 14.3. The molecule has 5 nitrogen and oxygen atoms in total. The van der Waals surface area contributed by atoms with Crippen LogP contribution in [0.1, 0.15) is 17.5 Å². The summed E-state index contributed by atoms with van der Waals surface area (Å²) in [5.74, 6) is 0.341. The van der Waals surface area contributed by atoms with Crippen LogP contribution in [0, 0.1) is 13.8 Å². The van der Waals surface area contributed by atoms with Gasteiger partial charge in [-0.15, -0.1) is 0 Å². The minimum atomic E-state index is -0.219. The number of benzene rings is 1. The number of ether oxygens (including phenoxy) is 1. The lowest BCUT2D eigenvalue weighted by atomic mass is 10.1. The first-order chi connectivity index (χ1) is 9.01. The molecule has 19 heavy (non-hydrogen) atoms. The molecule has 1 aromatic rings. The SMILES string of the molecule is CNC(=O)CNC(=O)CCOc1cc(C)cc(C)c1. The fourth-order valence-corrected chi connectivity index (χ4v) is 1.63. The molecule has 2 amide bonds. The maximum absolute atomic E-state index is 11.4. The highest BCUT2D eigenvalue weighted by molar-refractivity contribution is 5.84. The van der Waals surface area contributed by atoms with Gasteiger partial charge in [-0.25, -0.2) is 0 Å². The number of amides is 2. The van der Waals surface area contributed by atoms with Gasteiger partial charge in [0.15, 0.2) is 0 Å². The summed E-state index contributed by atoms with van der Waals surface area (Å²) < 4.78 is 5.51. The molecule has 0 aliphatic rings. The highest BCUT2D eigenvalue weighted by Crippen LogP contribution is 2.16. The summed E-state index contributed by atoms with van der Waals surface area (Å²) in [7, 11) is 1.53. The van der Waals surface area contributed by atoms with Crippen LogP contribution in [0.15, 0.2) is 18.2 Å². The number of carbonyl (C=O) groups excluding carboxylic acids is 2. The van der Waals surface area contributed by atoms with Crippen molar-refractivity contribution < 1.29 is 14.3 Å². The van der Waals surface area contributed by atoms with Crippen molar-refractivity contribution in [3.63, 3.8) is 0 Å². The second kappa shape index (κ2) is 7.41. The Bertz CT molecular complexity index is 438. The summed E-state index contributed by atoms with van der Waals surface area (Å²) in [6, 6.07) is 5.91. The molecule has 2 N–H and O–H groups in total. The number of hydrogen-bond donors (Lipinski definition) is 2. The summed E-state index contributed by atoms with van der Waals surface area (Å²) in [5.41, 5.74) is 2.25. The van der Waals surface area contributed by atoms with Crippen LogP contribution in [0.5, 0.6) is 5.75 Å². The lowest BCUT2D eigenvalue weighted by Gasteiger charge is -2.08. The predicted octanol–water partition coefficient (Wildman–Crippen LogP) is 0.935. The first kappa shape index (κ1) is 15.0. The van der Waals surface area contributed by atoms with Crippen molar-refractivity contribution >= 4 is 11.8 Å². The first-order valence-electron chi connectivity index (χ1n) is 6.19. The highest BCUT2D eigenvalue weighted by Gasteiger charge is 2.04. The molecule has 1 aromatic carbocycles. The third kappa shape index (κ3) is 5.90. The van der Waals surface area contributed by atoms with E-state index in [0.29, 0.717) is 6.61 Å². The fourth-order valence-electron chi connectivity index (χ4n) is 1.63. The van der Waals surface area contributed by atoms with E-state index in [1.54, 1.807) is 0 Å². The Labute approximate surface area is 113 Å². The molecule has 0 aromatic heterocycles. The topological polar surface area (TPSA) is 67.4 Å². The quantitative estimate of drug-likeness (QED) is 0.803. The fraction of sp³-hybridized carbons (Fsp3) is 0.429. The second-order valence-corrected chi connectivity index (χ2v) is 4.37. The van der Waals surface area contributed by atoms with Crippen LogP contribution in [0.25, 0.3) is 0 Å². The molecular weight excluding hydrogens is 244 g/mol. The van der Waals surface area contributed by atoms with Gasteiger partial charge in [-0.1, -0.05) is 6.07 Å². The van der Waals surface area contributed by atoms with Crippen molar-refractivity contribution in [1.29, 1.82) is 0 Å². The van der Waals surface area contributed by atoms with Gasteiger partial charge in [0.1, 0.15) is 5.75 Å². The van der Waals surface area contributed by atoms with E-state index in [-0.39, 0.29) is 24.8 Å². The van der Waals surface area contributed by atoms with Crippen LogP contribution in [0.2, 0.25) is 0 Å². The Balaban J connectivity index is 2.29. The molecule has 0 spiro atoms. The molecular formula is C14H20N2O3. The Kier molecular flexibility index (Phi) is 5.85. The van der Waals surface area contributed by atoms with E-state index in [9.17, 15) is 9.59 Å². The molecule has 0 aliphatic heterocycles. The lowest BCUT2D eigenvalue weighted by Crippen LogP contribution is -2.35. The third-order valence-electron chi connectivity index (χ3n) is 2.52. The molecule has 1 rings (SSSR count). The summed E-state index contributed by atoms with van der Waals surface area (Å²) in [6.45, 7) is 4.28. The summed E-state index contributed by atoms with van der Waals surface area (Å²) >= 11 is 0. The van der Waals surface area contributed by atoms with E-state index < -0.39 is 0 Å². The van der Waals surface area contributed by atoms with Gasteiger partial charge in [0, 0.05) is 7.05 Å². The zero-order valence-corrected chi connectivity index (χ0v) is 11.6. The van der Waals surface area contributed by atoms with Crippen molar-refractivity contribution in [3.8, 4) is 5.75 Å². The molecule has 104 valence electrons. The minimum absolute atomic E-state index is 0.00110. The zero-order valence-electron chi connectivity index (χ0n) is 11.6. The number of nitrogens with one attached hydrogen (secondary N) is 2. The molecule has 5 heteroatoms. The van der Waals surface area contributed by atoms with Gasteiger partial charge in [0.2, 0.25) is 11.8 Å². The molecule has 0 saturated carbocycles. The first-order valence-corrected chi connectivity index (χ1v) is 6.19. The average molecular weight is 264 g/mol. The van der Waals surface area contributed by atoms with Crippen molar-refractivity contribution in [2.45, 2.75) is 20.3 Å². The van der Waals surface area contributed by atoms with Gasteiger partial charge in [-0.2, -0.15) is 0 Å². The molecule has 0 heterocycles. The standard InChI is InChI=1S/C14H20N2O3/c1-10-6-11(2)8-12(7-10)19-5-4-13(17)16-9-14(18)15-3/h6-8H,4-5,9H2,1-3H3,(H,15,18)(H,16,17). The predicted molar refractivity (Wildman–Crippen MR) is 73.1 cm³/mol. The average Bonchev–Trinajstić information content (AvgIpc) is 2.34. The van der Waals surface area contributed by atoms with E-state index in [2.05, 4.69) is 16.7 Å². The maximum atomic E-state index is 11.4. The number of aryl methyl sites for hydroxylation is 2. The number of carbonyl (C=O) groups is 2. The minimum Gasteiger partial charge on any atom is -0.493 e. The van der Waals surface area contributed by atoms with Gasteiger partial charge in [0.25, 0.3) is 0 Å². The Morgan fingerprint density at radius 1 is 1.11 bits per heavy atom. The van der Waals surface area contributed by atoms with Gasteiger partial charge in [-0.3, -0.25) is 9.59 Å². The maximum Gasteiger partial charge on any atom is 0.239 e. The van der Waals surface area contributed by atoms with Crippen molar-refractivity contribution in [1.82, 2.24) is 10.6 Å². The number of rotatable bonds is 6. The Morgan fingerprint density at radius 3 is 2.32 bits per heavy atom. The molecule has 0 bridgehead atoms. The van der Waals surface area contributed by atoms with Crippen molar-refractivity contribution in [3.05, 3.63) is 29.3 Å². The highest BCUT2D eigenvalue weighted by atomic mass is 16.5. The van der Waals surface area contributed by atoms with Crippen LogP contribution >= 0.6 is 0 Å². The molecule has 0 radical (unpaired) electrons. The molecule has 0 aliphatic carbocycles. The molecule has 0 atom stereocenters. The number of likely N-dealkylation sites (N-methyl/N-ethyl adjacent to an activating group) is 1. The van der Waals surface area contributed by atoms with Crippen molar-refractivity contribution in [2.24, 2.45) is 0 Å². The van der Waals surface area contributed by atoms with E-state index in [4.69, 9.17) is 4.74 Å². The van der Waals surface area contributed by atoms with Gasteiger partial charge in [0.05, 0.1) is 19.6 Å². The smallest absolute Gasteiger partial charge is 0.239 e. The van der Waals surface area contributed by atoms with Crippen LogP contribution in [0.3, 0.4) is 0 Å². The summed E-state index contributed by atoms with van der Waals surface area (Å²) in [6.07, 6.45) is 0.226. The number of hydrogen-bond acceptors (Lipinski definition) is 3. The van der Waals surface area contributed by atoms with Crippen molar-refractivity contribution in [2.75, 3.05) is 20.2 Å². The van der Waals surface area contributed by atoms with Crippen LogP contribution < -0.4 is 15.4 Å². The summed E-state index contributed by atoms with van der Waals surface area (Å²) in [5, 5.41) is 4.94. The van der Waals surface area contributed by atoms with E-state index in [1.165, 1.54) is 7.05 Å². The Hall–Kier alpha value is -2.04. The van der Waals surface area contributed by atoms with Crippen LogP contribution in [0.4, 0.5) is 0 Å². The van der Waals surface area contributed by atoms with Crippen LogP contribution in [-0.2, 0) is 9.59 Å². The van der Waals surface area contributed by atoms with Crippen LogP contribution in [-0.4, -0.2) is 32.0 Å². The molecule has 0 unspecified atom stereocenters. The largest absolute Gasteiger partial charge is 0.493 e. The third-order valence-corrected chi connectivity index (χ3v) is 2.52. The summed E-state index contributed by atoms with van der Waals surface area (Å²) in [4.78, 5) is 22.3. The lowest BCUT2D eigenvalue weighted by molar-refractivity contribution is -0.126. The van der Waals surface area contributed by atoms with Gasteiger partial charge < -0.3 is 15.4 Å². The van der Waals surface area contributed by atoms with E-state index in [0.717, 1.165) is 16.9 Å². The van der Waals surface area contributed by atoms with Gasteiger partial charge in [-0.05, 0) is 37.1 Å². The molecule has 0 fully saturated rings. The van der Waals surface area contributed by atoms with E-state index >= 15 is 0 Å². The molecule has 0 saturated heterocycles. The second-order valence-electron chi connectivity index (χ2n) is 4.37.